The van der Waals surface area contributed by atoms with Gasteiger partial charge in [0, 0.05) is 13.1 Å². The molecule has 0 radical (unpaired) electrons. The van der Waals surface area contributed by atoms with Crippen molar-refractivity contribution in [3.8, 4) is 0 Å². The van der Waals surface area contributed by atoms with Crippen LogP contribution in [0, 0.1) is 11.8 Å². The quantitative estimate of drug-likeness (QED) is 0.848. The average molecular weight is 292 g/mol. The van der Waals surface area contributed by atoms with Crippen LogP contribution in [0.15, 0.2) is 0 Å². The van der Waals surface area contributed by atoms with Crippen LogP contribution >= 0.6 is 0 Å². The largest absolute Gasteiger partial charge is 0.391 e. The molecule has 3 nitrogen and oxygen atoms in total. The summed E-state index contributed by atoms with van der Waals surface area (Å²) in [5, 5.41) is 3.21. The van der Waals surface area contributed by atoms with Gasteiger partial charge >= 0.3 is 6.18 Å². The van der Waals surface area contributed by atoms with Gasteiger partial charge in [-0.3, -0.25) is 4.79 Å². The van der Waals surface area contributed by atoms with Crippen LogP contribution in [-0.2, 0) is 4.79 Å². The molecule has 2 fully saturated rings. The number of nitrogens with zero attached hydrogens (tertiary/aromatic N) is 1. The Morgan fingerprint density at radius 3 is 2.45 bits per heavy atom. The Balaban J connectivity index is 1.85. The van der Waals surface area contributed by atoms with Crippen molar-refractivity contribution in [3.05, 3.63) is 0 Å². The summed E-state index contributed by atoms with van der Waals surface area (Å²) in [6, 6.07) is -0.198. The van der Waals surface area contributed by atoms with Gasteiger partial charge in [0.05, 0.1) is 12.0 Å². The third kappa shape index (κ3) is 3.65. The van der Waals surface area contributed by atoms with Crippen molar-refractivity contribution >= 4 is 5.91 Å². The van der Waals surface area contributed by atoms with Crippen molar-refractivity contribution < 1.29 is 18.0 Å². The molecule has 2 rings (SSSR count). The molecule has 0 bridgehead atoms. The Hall–Kier alpha value is -0.780. The van der Waals surface area contributed by atoms with Crippen molar-refractivity contribution in [1.82, 2.24) is 10.2 Å². The smallest absolute Gasteiger partial charge is 0.341 e. The van der Waals surface area contributed by atoms with Crippen LogP contribution in [-0.4, -0.2) is 42.7 Å². The van der Waals surface area contributed by atoms with Crippen molar-refractivity contribution in [2.45, 2.75) is 51.2 Å². The lowest BCUT2D eigenvalue weighted by atomic mass is 9.89. The Morgan fingerprint density at radius 2 is 1.90 bits per heavy atom. The Morgan fingerprint density at radius 1 is 1.25 bits per heavy atom. The summed E-state index contributed by atoms with van der Waals surface area (Å²) in [6.45, 7) is 3.41. The fraction of sp³-hybridized carbons (Fsp3) is 0.929. The lowest BCUT2D eigenvalue weighted by Gasteiger charge is -2.37. The van der Waals surface area contributed by atoms with Crippen LogP contribution in [0.4, 0.5) is 13.2 Å². The second-order valence-corrected chi connectivity index (χ2v) is 5.95. The van der Waals surface area contributed by atoms with Crippen LogP contribution in [0.1, 0.15) is 39.0 Å². The minimum Gasteiger partial charge on any atom is -0.341 e. The van der Waals surface area contributed by atoms with Gasteiger partial charge in [-0.25, -0.2) is 0 Å². The van der Waals surface area contributed by atoms with Gasteiger partial charge in [-0.05, 0) is 38.1 Å². The maximum absolute atomic E-state index is 12.6. The zero-order valence-corrected chi connectivity index (χ0v) is 11.9. The number of likely N-dealkylation sites (tertiary alicyclic amines) is 1. The number of carbonyl (C=O) groups excluding carboxylic acids is 1. The van der Waals surface area contributed by atoms with Crippen molar-refractivity contribution in [3.63, 3.8) is 0 Å². The summed E-state index contributed by atoms with van der Waals surface area (Å²) in [7, 11) is 0. The number of halogens is 3. The Bertz CT molecular complexity index is 338. The van der Waals surface area contributed by atoms with Crippen LogP contribution < -0.4 is 5.32 Å². The maximum atomic E-state index is 12.6. The molecule has 1 N–H and O–H groups in total. The molecule has 2 aliphatic rings. The number of amides is 1. The predicted octanol–water partition coefficient (Wildman–Crippen LogP) is 2.57. The highest BCUT2D eigenvalue weighted by atomic mass is 19.4. The molecule has 20 heavy (non-hydrogen) atoms. The number of hydrogen-bond acceptors (Lipinski definition) is 2. The number of hydrogen-bond donors (Lipinski definition) is 1. The number of rotatable bonds is 2. The van der Waals surface area contributed by atoms with Crippen molar-refractivity contribution in [2.24, 2.45) is 11.8 Å². The third-order valence-electron chi connectivity index (χ3n) is 4.66. The lowest BCUT2D eigenvalue weighted by Crippen LogP contribution is -2.52. The van der Waals surface area contributed by atoms with E-state index in [-0.39, 0.29) is 37.9 Å². The summed E-state index contributed by atoms with van der Waals surface area (Å²) in [5.41, 5.74) is 0. The molecule has 116 valence electrons. The van der Waals surface area contributed by atoms with Gasteiger partial charge < -0.3 is 10.2 Å². The minimum absolute atomic E-state index is 0.0104. The summed E-state index contributed by atoms with van der Waals surface area (Å²) in [4.78, 5) is 14.0. The molecule has 0 aliphatic carbocycles. The van der Waals surface area contributed by atoms with Gasteiger partial charge in [-0.2, -0.15) is 13.2 Å². The van der Waals surface area contributed by atoms with Crippen molar-refractivity contribution in [1.29, 1.82) is 0 Å². The van der Waals surface area contributed by atoms with Gasteiger partial charge in [0.25, 0.3) is 0 Å². The van der Waals surface area contributed by atoms with Gasteiger partial charge in [0.1, 0.15) is 0 Å². The van der Waals surface area contributed by atoms with Crippen molar-refractivity contribution in [2.75, 3.05) is 19.6 Å². The van der Waals surface area contributed by atoms with Crippen LogP contribution in [0.25, 0.3) is 0 Å². The summed E-state index contributed by atoms with van der Waals surface area (Å²) < 4.78 is 37.8. The maximum Gasteiger partial charge on any atom is 0.391 e. The first kappa shape index (κ1) is 15.6. The molecular formula is C14H23F3N2O. The van der Waals surface area contributed by atoms with E-state index in [9.17, 15) is 18.0 Å². The molecule has 0 aromatic carbocycles. The standard InChI is InChI=1S/C14H23F3N2O/c1-2-10-3-6-18-12(9-10)13(20)19-7-4-11(5-8-19)14(15,16)17/h10-12,18H,2-9H2,1H3. The second-order valence-electron chi connectivity index (χ2n) is 5.95. The highest BCUT2D eigenvalue weighted by Crippen LogP contribution is 2.34. The molecule has 6 heteroatoms. The number of alkyl halides is 3. The summed E-state index contributed by atoms with van der Waals surface area (Å²) in [6.07, 6.45) is -1.09. The molecule has 2 heterocycles. The normalized spacial score (nSPS) is 29.5. The van der Waals surface area contributed by atoms with E-state index in [0.717, 1.165) is 25.8 Å². The van der Waals surface area contributed by atoms with E-state index in [2.05, 4.69) is 12.2 Å². The van der Waals surface area contributed by atoms with E-state index in [1.807, 2.05) is 0 Å². The molecule has 2 saturated heterocycles. The minimum atomic E-state index is -4.12. The lowest BCUT2D eigenvalue weighted by molar-refractivity contribution is -0.186. The number of piperidine rings is 2. The Labute approximate surface area is 117 Å². The fourth-order valence-electron chi connectivity index (χ4n) is 3.20. The molecule has 2 aliphatic heterocycles. The van der Waals surface area contributed by atoms with Gasteiger partial charge in [0.15, 0.2) is 0 Å². The molecule has 0 aromatic heterocycles. The van der Waals surface area contributed by atoms with E-state index in [1.54, 1.807) is 4.90 Å². The molecule has 2 atom stereocenters. The van der Waals surface area contributed by atoms with Gasteiger partial charge in [0.2, 0.25) is 5.91 Å². The summed E-state index contributed by atoms with van der Waals surface area (Å²) >= 11 is 0. The monoisotopic (exact) mass is 292 g/mol. The zero-order chi connectivity index (χ0) is 14.8. The number of nitrogens with one attached hydrogen (secondary N) is 1. The van der Waals surface area contributed by atoms with Gasteiger partial charge in [-0.1, -0.05) is 13.3 Å². The molecule has 0 spiro atoms. The first-order chi connectivity index (χ1) is 9.41. The zero-order valence-electron chi connectivity index (χ0n) is 11.9. The highest BCUT2D eigenvalue weighted by molar-refractivity contribution is 5.82. The topological polar surface area (TPSA) is 32.3 Å². The summed E-state index contributed by atoms with van der Waals surface area (Å²) in [5.74, 6) is -0.698. The van der Waals surface area contributed by atoms with E-state index >= 15 is 0 Å². The molecule has 0 saturated carbocycles. The van der Waals surface area contributed by atoms with E-state index < -0.39 is 12.1 Å². The fourth-order valence-corrected chi connectivity index (χ4v) is 3.20. The van der Waals surface area contributed by atoms with Gasteiger partial charge in [-0.15, -0.1) is 0 Å². The Kier molecular flexibility index (Phi) is 4.94. The first-order valence-electron chi connectivity index (χ1n) is 7.50. The third-order valence-corrected chi connectivity index (χ3v) is 4.66. The van der Waals surface area contributed by atoms with E-state index in [0.29, 0.717) is 5.92 Å². The van der Waals surface area contributed by atoms with Crippen LogP contribution in [0.3, 0.4) is 0 Å². The van der Waals surface area contributed by atoms with E-state index in [1.165, 1.54) is 0 Å². The van der Waals surface area contributed by atoms with E-state index in [4.69, 9.17) is 0 Å². The SMILES string of the molecule is CCC1CCNC(C(=O)N2CCC(C(F)(F)F)CC2)C1. The van der Waals surface area contributed by atoms with Crippen LogP contribution in [0.2, 0.25) is 0 Å². The second kappa shape index (κ2) is 6.33. The first-order valence-corrected chi connectivity index (χ1v) is 7.50. The predicted molar refractivity (Wildman–Crippen MR) is 70.2 cm³/mol. The molecule has 0 aromatic rings. The number of carbonyl (C=O) groups is 1. The molecular weight excluding hydrogens is 269 g/mol. The van der Waals surface area contributed by atoms with Crippen LogP contribution in [0.5, 0.6) is 0 Å². The highest BCUT2D eigenvalue weighted by Gasteiger charge is 2.42. The average Bonchev–Trinajstić information content (AvgIpc) is 2.46. The molecule has 2 unspecified atom stereocenters. The molecule has 1 amide bonds.